The molecule has 2 aromatic heterocycles. The van der Waals surface area contributed by atoms with E-state index in [0.29, 0.717) is 42.9 Å². The number of nitrogens with zero attached hydrogens (tertiary/aromatic N) is 5. The quantitative estimate of drug-likeness (QED) is 0.428. The van der Waals surface area contributed by atoms with Crippen molar-refractivity contribution in [1.29, 1.82) is 5.41 Å². The number of ether oxygens (including phenoxy) is 1. The number of nitrogen functional groups attached to an aromatic ring is 1. The maximum Gasteiger partial charge on any atom is 0.573 e. The van der Waals surface area contributed by atoms with Gasteiger partial charge in [-0.15, -0.1) is 13.2 Å². The Bertz CT molecular complexity index is 1210. The number of hydrogen-bond donors (Lipinski definition) is 2. The molecular formula is C20H19ClF3N7O2. The Morgan fingerprint density at radius 1 is 1.21 bits per heavy atom. The van der Waals surface area contributed by atoms with Crippen LogP contribution in [0.3, 0.4) is 0 Å². The first-order chi connectivity index (χ1) is 15.6. The van der Waals surface area contributed by atoms with Crippen LogP contribution in [0.5, 0.6) is 5.75 Å². The van der Waals surface area contributed by atoms with Crippen LogP contribution in [0.25, 0.3) is 11.0 Å². The number of amidine groups is 1. The van der Waals surface area contributed by atoms with Gasteiger partial charge in [0.25, 0.3) is 0 Å². The zero-order valence-electron chi connectivity index (χ0n) is 17.1. The molecule has 1 fully saturated rings. The number of rotatable bonds is 5. The van der Waals surface area contributed by atoms with Gasteiger partial charge in [-0.25, -0.2) is 9.67 Å². The Morgan fingerprint density at radius 2 is 1.94 bits per heavy atom. The second-order valence-corrected chi connectivity index (χ2v) is 7.73. The molecule has 0 aliphatic carbocycles. The van der Waals surface area contributed by atoms with E-state index in [4.69, 9.17) is 22.7 Å². The lowest BCUT2D eigenvalue weighted by Crippen LogP contribution is -2.49. The van der Waals surface area contributed by atoms with Crippen molar-refractivity contribution in [3.63, 3.8) is 0 Å². The van der Waals surface area contributed by atoms with Crippen LogP contribution in [-0.2, 0) is 11.3 Å². The highest BCUT2D eigenvalue weighted by atomic mass is 35.5. The summed E-state index contributed by atoms with van der Waals surface area (Å²) in [4.78, 5) is 20.6. The van der Waals surface area contributed by atoms with Crippen LogP contribution in [-0.4, -0.2) is 63.9 Å². The highest BCUT2D eigenvalue weighted by Gasteiger charge is 2.32. The molecule has 3 N–H and O–H groups in total. The molecule has 3 heterocycles. The average molecular weight is 482 g/mol. The number of hydrogen-bond acceptors (Lipinski definition) is 6. The van der Waals surface area contributed by atoms with Gasteiger partial charge in [-0.2, -0.15) is 5.10 Å². The fourth-order valence-electron chi connectivity index (χ4n) is 3.65. The monoisotopic (exact) mass is 481 g/mol. The first-order valence-electron chi connectivity index (χ1n) is 9.86. The zero-order chi connectivity index (χ0) is 23.8. The predicted octanol–water partition coefficient (Wildman–Crippen LogP) is 2.62. The van der Waals surface area contributed by atoms with Crippen molar-refractivity contribution in [3.05, 3.63) is 47.2 Å². The standard InChI is InChI=1S/C20H19ClF3N7O2/c21-14-4-3-12(10-15(14)33-20(22,23)24)29-6-8-30(9-7-29)16(32)11-31-19-13(2-1-5-27-19)17(28-31)18(25)26/h1-5,10H,6-9,11H2,(H3,25,26). The number of piperazine rings is 1. The molecule has 1 aliphatic heterocycles. The molecule has 0 radical (unpaired) electrons. The lowest BCUT2D eigenvalue weighted by molar-refractivity contribution is -0.274. The number of anilines is 1. The zero-order valence-corrected chi connectivity index (χ0v) is 17.9. The smallest absolute Gasteiger partial charge is 0.404 e. The number of alkyl halides is 3. The van der Waals surface area contributed by atoms with Crippen LogP contribution in [0.2, 0.25) is 5.02 Å². The molecular weight excluding hydrogens is 463 g/mol. The molecule has 4 rings (SSSR count). The van der Waals surface area contributed by atoms with Crippen LogP contribution in [0.1, 0.15) is 5.69 Å². The highest BCUT2D eigenvalue weighted by molar-refractivity contribution is 6.32. The van der Waals surface area contributed by atoms with Gasteiger partial charge in [0.1, 0.15) is 23.8 Å². The Balaban J connectivity index is 1.43. The minimum absolute atomic E-state index is 0.0781. The summed E-state index contributed by atoms with van der Waals surface area (Å²) in [5, 5.41) is 12.4. The Morgan fingerprint density at radius 3 is 2.61 bits per heavy atom. The van der Waals surface area contributed by atoms with E-state index in [9.17, 15) is 18.0 Å². The molecule has 0 atom stereocenters. The van der Waals surface area contributed by atoms with Gasteiger partial charge in [-0.3, -0.25) is 10.2 Å². The molecule has 0 saturated carbocycles. The van der Waals surface area contributed by atoms with Crippen molar-refractivity contribution < 1.29 is 22.7 Å². The summed E-state index contributed by atoms with van der Waals surface area (Å²) in [6, 6.07) is 7.61. The molecule has 1 aromatic carbocycles. The predicted molar refractivity (Wildman–Crippen MR) is 115 cm³/mol. The lowest BCUT2D eigenvalue weighted by Gasteiger charge is -2.36. The number of fused-ring (bicyclic) bond motifs is 1. The average Bonchev–Trinajstić information content (AvgIpc) is 3.13. The van der Waals surface area contributed by atoms with Crippen LogP contribution < -0.4 is 15.4 Å². The molecule has 174 valence electrons. The summed E-state index contributed by atoms with van der Waals surface area (Å²) in [5.41, 5.74) is 6.81. The molecule has 0 bridgehead atoms. The first kappa shape index (κ1) is 22.6. The van der Waals surface area contributed by atoms with Gasteiger partial charge >= 0.3 is 6.36 Å². The topological polar surface area (TPSA) is 113 Å². The molecule has 33 heavy (non-hydrogen) atoms. The number of carbonyl (C=O) groups excluding carboxylic acids is 1. The summed E-state index contributed by atoms with van der Waals surface area (Å²) in [7, 11) is 0. The fourth-order valence-corrected chi connectivity index (χ4v) is 3.81. The maximum absolute atomic E-state index is 12.9. The Labute approximate surface area is 191 Å². The van der Waals surface area contributed by atoms with E-state index in [1.54, 1.807) is 29.3 Å². The van der Waals surface area contributed by atoms with Crippen molar-refractivity contribution in [2.75, 3.05) is 31.1 Å². The van der Waals surface area contributed by atoms with Crippen LogP contribution in [0.15, 0.2) is 36.5 Å². The largest absolute Gasteiger partial charge is 0.573 e. The van der Waals surface area contributed by atoms with Gasteiger partial charge in [0.2, 0.25) is 5.91 Å². The van der Waals surface area contributed by atoms with E-state index >= 15 is 0 Å². The highest BCUT2D eigenvalue weighted by Crippen LogP contribution is 2.34. The van der Waals surface area contributed by atoms with E-state index in [-0.39, 0.29) is 29.0 Å². The van der Waals surface area contributed by atoms with E-state index in [2.05, 4.69) is 14.8 Å². The second-order valence-electron chi connectivity index (χ2n) is 7.32. The Hall–Kier alpha value is -3.54. The van der Waals surface area contributed by atoms with Crippen molar-refractivity contribution in [2.24, 2.45) is 5.73 Å². The number of nitrogens with one attached hydrogen (secondary N) is 1. The van der Waals surface area contributed by atoms with Crippen molar-refractivity contribution in [1.82, 2.24) is 19.7 Å². The van der Waals surface area contributed by atoms with E-state index in [0.717, 1.165) is 0 Å². The van der Waals surface area contributed by atoms with E-state index < -0.39 is 12.1 Å². The minimum Gasteiger partial charge on any atom is -0.404 e. The lowest BCUT2D eigenvalue weighted by atomic mass is 10.2. The summed E-state index contributed by atoms with van der Waals surface area (Å²) >= 11 is 5.81. The first-order valence-corrected chi connectivity index (χ1v) is 10.2. The fraction of sp³-hybridized carbons (Fsp3) is 0.300. The number of pyridine rings is 1. The number of benzene rings is 1. The maximum atomic E-state index is 12.9. The second kappa shape index (κ2) is 8.77. The summed E-state index contributed by atoms with van der Waals surface area (Å²) in [6.45, 7) is 1.48. The third-order valence-corrected chi connectivity index (χ3v) is 5.50. The van der Waals surface area contributed by atoms with Gasteiger partial charge in [-0.1, -0.05) is 11.6 Å². The van der Waals surface area contributed by atoms with E-state index in [1.807, 2.05) is 4.90 Å². The van der Waals surface area contributed by atoms with E-state index in [1.165, 1.54) is 16.8 Å². The third-order valence-electron chi connectivity index (χ3n) is 5.19. The van der Waals surface area contributed by atoms with Gasteiger partial charge in [0.15, 0.2) is 5.65 Å². The molecule has 0 spiro atoms. The normalized spacial score (nSPS) is 14.5. The van der Waals surface area contributed by atoms with Gasteiger partial charge in [0.05, 0.1) is 10.4 Å². The molecule has 1 aliphatic rings. The van der Waals surface area contributed by atoms with Crippen molar-refractivity contribution in [3.8, 4) is 5.75 Å². The van der Waals surface area contributed by atoms with Crippen LogP contribution in [0, 0.1) is 5.41 Å². The van der Waals surface area contributed by atoms with Gasteiger partial charge in [0, 0.05) is 44.1 Å². The number of amides is 1. The van der Waals surface area contributed by atoms with Crippen LogP contribution >= 0.6 is 11.6 Å². The minimum atomic E-state index is -4.85. The van der Waals surface area contributed by atoms with Crippen molar-refractivity contribution in [2.45, 2.75) is 12.9 Å². The molecule has 13 heteroatoms. The number of aromatic nitrogens is 3. The molecule has 9 nitrogen and oxygen atoms in total. The third kappa shape index (κ3) is 4.95. The van der Waals surface area contributed by atoms with Crippen LogP contribution in [0.4, 0.5) is 18.9 Å². The summed E-state index contributed by atoms with van der Waals surface area (Å²) in [5.74, 6) is -0.888. The molecule has 1 amide bonds. The number of halogens is 4. The van der Waals surface area contributed by atoms with Gasteiger partial charge in [-0.05, 0) is 24.3 Å². The summed E-state index contributed by atoms with van der Waals surface area (Å²) in [6.07, 6.45) is -3.28. The molecule has 0 unspecified atom stereocenters. The molecule has 3 aromatic rings. The SMILES string of the molecule is N=C(N)c1nn(CC(=O)N2CCN(c3ccc(Cl)c(OC(F)(F)F)c3)CC2)c2ncccc12. The summed E-state index contributed by atoms with van der Waals surface area (Å²) < 4.78 is 43.2. The Kier molecular flexibility index (Phi) is 6.02. The number of nitrogens with two attached hydrogens (primary N) is 1. The number of carbonyl (C=O) groups is 1. The van der Waals surface area contributed by atoms with Gasteiger partial charge < -0.3 is 20.3 Å². The van der Waals surface area contributed by atoms with Crippen molar-refractivity contribution >= 4 is 40.1 Å². The molecule has 1 saturated heterocycles.